The Morgan fingerprint density at radius 1 is 1.00 bits per heavy atom. The first-order valence-electron chi connectivity index (χ1n) is 8.87. The minimum Gasteiger partial charge on any atom is -0.339 e. The summed E-state index contributed by atoms with van der Waals surface area (Å²) in [5, 5.41) is 3.79. The van der Waals surface area contributed by atoms with Gasteiger partial charge in [0, 0.05) is 29.2 Å². The molecule has 0 radical (unpaired) electrons. The van der Waals surface area contributed by atoms with E-state index in [0.29, 0.717) is 26.9 Å². The number of halogens is 2. The third kappa shape index (κ3) is 5.12. The summed E-state index contributed by atoms with van der Waals surface area (Å²) in [6.45, 7) is 1.52. The van der Waals surface area contributed by atoms with Crippen LogP contribution in [0.5, 0.6) is 0 Å². The number of amides is 2. The van der Waals surface area contributed by atoms with E-state index in [1.165, 1.54) is 6.08 Å². The van der Waals surface area contributed by atoms with E-state index in [-0.39, 0.29) is 11.8 Å². The fourth-order valence-corrected chi connectivity index (χ4v) is 3.49. The van der Waals surface area contributed by atoms with E-state index in [1.807, 2.05) is 4.90 Å². The van der Waals surface area contributed by atoms with Crippen molar-refractivity contribution >= 4 is 46.8 Å². The fraction of sp³-hybridized carbons (Fsp3) is 0.238. The van der Waals surface area contributed by atoms with Gasteiger partial charge in [-0.25, -0.2) is 0 Å². The van der Waals surface area contributed by atoms with Crippen LogP contribution >= 0.6 is 23.2 Å². The summed E-state index contributed by atoms with van der Waals surface area (Å²) < 4.78 is 0. The minimum atomic E-state index is -0.333. The van der Waals surface area contributed by atoms with E-state index < -0.39 is 0 Å². The van der Waals surface area contributed by atoms with Crippen LogP contribution in [0.25, 0.3) is 6.08 Å². The first-order chi connectivity index (χ1) is 13.0. The number of hydrogen-bond acceptors (Lipinski definition) is 2. The molecule has 0 bridgehead atoms. The second-order valence-corrected chi connectivity index (χ2v) is 7.23. The number of piperidine rings is 1. The molecule has 1 fully saturated rings. The van der Waals surface area contributed by atoms with Crippen LogP contribution in [0.4, 0.5) is 5.69 Å². The number of nitrogens with one attached hydrogen (secondary N) is 1. The smallest absolute Gasteiger partial charge is 0.255 e. The number of nitrogens with zero attached hydrogens (tertiary/aromatic N) is 1. The van der Waals surface area contributed by atoms with E-state index >= 15 is 0 Å². The molecule has 0 atom stereocenters. The number of para-hydroxylation sites is 1. The third-order valence-corrected chi connectivity index (χ3v) is 5.00. The van der Waals surface area contributed by atoms with Crippen LogP contribution in [-0.2, 0) is 4.79 Å². The maximum atomic E-state index is 12.8. The molecule has 6 heteroatoms. The molecule has 1 saturated heterocycles. The zero-order chi connectivity index (χ0) is 19.2. The van der Waals surface area contributed by atoms with Gasteiger partial charge < -0.3 is 10.2 Å². The molecule has 0 unspecified atom stereocenters. The van der Waals surface area contributed by atoms with Gasteiger partial charge in [-0.1, -0.05) is 41.4 Å². The molecule has 2 amide bonds. The predicted octanol–water partition coefficient (Wildman–Crippen LogP) is 5.27. The average Bonchev–Trinajstić information content (AvgIpc) is 2.68. The van der Waals surface area contributed by atoms with Crippen LogP contribution < -0.4 is 5.32 Å². The summed E-state index contributed by atoms with van der Waals surface area (Å²) in [5.74, 6) is -0.379. The first kappa shape index (κ1) is 19.5. The summed E-state index contributed by atoms with van der Waals surface area (Å²) >= 11 is 12.0. The normalized spacial score (nSPS) is 14.4. The number of hydrogen-bond donors (Lipinski definition) is 1. The fourth-order valence-electron chi connectivity index (χ4n) is 3.02. The molecule has 1 aliphatic rings. The van der Waals surface area contributed by atoms with Crippen molar-refractivity contribution in [2.75, 3.05) is 18.4 Å². The number of carbonyl (C=O) groups excluding carboxylic acids is 2. The third-order valence-electron chi connectivity index (χ3n) is 4.44. The summed E-state index contributed by atoms with van der Waals surface area (Å²) in [6.07, 6.45) is 6.19. The highest BCUT2D eigenvalue weighted by Crippen LogP contribution is 2.23. The molecule has 2 aromatic rings. The predicted molar refractivity (Wildman–Crippen MR) is 110 cm³/mol. The summed E-state index contributed by atoms with van der Waals surface area (Å²) in [7, 11) is 0. The molecule has 2 aromatic carbocycles. The molecule has 1 aliphatic heterocycles. The van der Waals surface area contributed by atoms with Gasteiger partial charge in [0.15, 0.2) is 0 Å². The average molecular weight is 403 g/mol. The van der Waals surface area contributed by atoms with Crippen molar-refractivity contribution in [3.05, 3.63) is 69.7 Å². The number of carbonyl (C=O) groups is 2. The molecular formula is C21H20Cl2N2O2. The molecule has 0 aromatic heterocycles. The Bertz CT molecular complexity index is 874. The number of anilines is 1. The van der Waals surface area contributed by atoms with Crippen molar-refractivity contribution in [1.29, 1.82) is 0 Å². The summed E-state index contributed by atoms with van der Waals surface area (Å²) in [4.78, 5) is 27.0. The van der Waals surface area contributed by atoms with E-state index in [2.05, 4.69) is 5.32 Å². The van der Waals surface area contributed by atoms with Gasteiger partial charge >= 0.3 is 0 Å². The molecular weight excluding hydrogens is 383 g/mol. The maximum absolute atomic E-state index is 12.8. The zero-order valence-corrected chi connectivity index (χ0v) is 16.3. The molecule has 3 rings (SSSR count). The lowest BCUT2D eigenvalue weighted by Crippen LogP contribution is -2.36. The Morgan fingerprint density at radius 3 is 2.48 bits per heavy atom. The monoisotopic (exact) mass is 402 g/mol. The van der Waals surface area contributed by atoms with E-state index in [0.717, 1.165) is 32.4 Å². The molecule has 0 spiro atoms. The van der Waals surface area contributed by atoms with Crippen LogP contribution in [0, 0.1) is 0 Å². The zero-order valence-electron chi connectivity index (χ0n) is 14.8. The largest absolute Gasteiger partial charge is 0.339 e. The molecule has 4 nitrogen and oxygen atoms in total. The SMILES string of the molecule is O=C(/C=C/c1ccc(Cl)cc1Cl)Nc1ccccc1C(=O)N1CCCCC1. The molecule has 1 heterocycles. The summed E-state index contributed by atoms with van der Waals surface area (Å²) in [5.41, 5.74) is 1.70. The van der Waals surface area contributed by atoms with E-state index in [4.69, 9.17) is 23.2 Å². The van der Waals surface area contributed by atoms with Crippen LogP contribution in [-0.4, -0.2) is 29.8 Å². The number of likely N-dealkylation sites (tertiary alicyclic amines) is 1. The van der Waals surface area contributed by atoms with Gasteiger partial charge in [0.05, 0.1) is 11.3 Å². The van der Waals surface area contributed by atoms with Crippen molar-refractivity contribution in [2.45, 2.75) is 19.3 Å². The van der Waals surface area contributed by atoms with Crippen molar-refractivity contribution in [2.24, 2.45) is 0 Å². The Kier molecular flexibility index (Phi) is 6.54. The molecule has 0 aliphatic carbocycles. The molecule has 27 heavy (non-hydrogen) atoms. The second kappa shape index (κ2) is 9.07. The van der Waals surface area contributed by atoms with Crippen molar-refractivity contribution in [3.63, 3.8) is 0 Å². The maximum Gasteiger partial charge on any atom is 0.255 e. The van der Waals surface area contributed by atoms with Gasteiger partial charge in [0.1, 0.15) is 0 Å². The number of benzene rings is 2. The molecule has 0 saturated carbocycles. The lowest BCUT2D eigenvalue weighted by atomic mass is 10.1. The van der Waals surface area contributed by atoms with Crippen molar-refractivity contribution in [1.82, 2.24) is 4.90 Å². The van der Waals surface area contributed by atoms with Crippen molar-refractivity contribution in [3.8, 4) is 0 Å². The molecule has 140 valence electrons. The second-order valence-electron chi connectivity index (χ2n) is 6.39. The van der Waals surface area contributed by atoms with Crippen LogP contribution in [0.15, 0.2) is 48.5 Å². The lowest BCUT2D eigenvalue weighted by molar-refractivity contribution is -0.111. The van der Waals surface area contributed by atoms with Gasteiger partial charge in [0.25, 0.3) is 5.91 Å². The summed E-state index contributed by atoms with van der Waals surface area (Å²) in [6, 6.07) is 12.1. The quantitative estimate of drug-likeness (QED) is 0.707. The van der Waals surface area contributed by atoms with Crippen LogP contribution in [0.2, 0.25) is 10.0 Å². The first-order valence-corrected chi connectivity index (χ1v) is 9.62. The Labute approximate surface area is 168 Å². The van der Waals surface area contributed by atoms with E-state index in [1.54, 1.807) is 48.5 Å². The Hall–Kier alpha value is -2.30. The molecule has 1 N–H and O–H groups in total. The Morgan fingerprint density at radius 2 is 1.74 bits per heavy atom. The minimum absolute atomic E-state index is 0.0460. The van der Waals surface area contributed by atoms with Crippen molar-refractivity contribution < 1.29 is 9.59 Å². The van der Waals surface area contributed by atoms with Crippen LogP contribution in [0.3, 0.4) is 0 Å². The topological polar surface area (TPSA) is 49.4 Å². The van der Waals surface area contributed by atoms with E-state index in [9.17, 15) is 9.59 Å². The van der Waals surface area contributed by atoms with Gasteiger partial charge in [-0.3, -0.25) is 9.59 Å². The van der Waals surface area contributed by atoms with Gasteiger partial charge in [-0.2, -0.15) is 0 Å². The lowest BCUT2D eigenvalue weighted by Gasteiger charge is -2.27. The highest BCUT2D eigenvalue weighted by molar-refractivity contribution is 6.35. The Balaban J connectivity index is 1.72. The standard InChI is InChI=1S/C21H20Cl2N2O2/c22-16-10-8-15(18(23)14-16)9-11-20(26)24-19-7-3-2-6-17(19)21(27)25-12-4-1-5-13-25/h2-3,6-11,14H,1,4-5,12-13H2,(H,24,26)/b11-9+. The number of rotatable bonds is 4. The highest BCUT2D eigenvalue weighted by Gasteiger charge is 2.20. The van der Waals surface area contributed by atoms with Gasteiger partial charge in [0.2, 0.25) is 5.91 Å². The van der Waals surface area contributed by atoms with Crippen LogP contribution in [0.1, 0.15) is 35.2 Å². The van der Waals surface area contributed by atoms with Gasteiger partial charge in [-0.05, 0) is 55.2 Å². The van der Waals surface area contributed by atoms with Gasteiger partial charge in [-0.15, -0.1) is 0 Å². The highest BCUT2D eigenvalue weighted by atomic mass is 35.5.